The molecule has 0 fully saturated rings. The third-order valence-electron chi connectivity index (χ3n) is 1.83. The summed E-state index contributed by atoms with van der Waals surface area (Å²) in [6.45, 7) is 1.86. The lowest BCUT2D eigenvalue weighted by Gasteiger charge is -1.99. The predicted molar refractivity (Wildman–Crippen MR) is 61.2 cm³/mol. The second kappa shape index (κ2) is 4.85. The average Bonchev–Trinajstić information content (AvgIpc) is 2.30. The number of pyridine rings is 1. The average molecular weight is 231 g/mol. The van der Waals surface area contributed by atoms with Crippen LogP contribution in [0.25, 0.3) is 0 Å². The quantitative estimate of drug-likeness (QED) is 0.585. The zero-order valence-electron chi connectivity index (χ0n) is 8.62. The van der Waals surface area contributed by atoms with Gasteiger partial charge in [0.05, 0.1) is 0 Å². The molecule has 0 aromatic carbocycles. The van der Waals surface area contributed by atoms with E-state index in [0.29, 0.717) is 10.9 Å². The van der Waals surface area contributed by atoms with Gasteiger partial charge in [0.15, 0.2) is 5.16 Å². The molecule has 2 aromatic rings. The van der Waals surface area contributed by atoms with Crippen LogP contribution in [0.3, 0.4) is 0 Å². The second-order valence-electron chi connectivity index (χ2n) is 3.09. The fourth-order valence-corrected chi connectivity index (χ4v) is 1.79. The summed E-state index contributed by atoms with van der Waals surface area (Å²) < 4.78 is 0. The highest BCUT2D eigenvalue weighted by Crippen LogP contribution is 2.17. The van der Waals surface area contributed by atoms with E-state index in [1.807, 2.05) is 6.92 Å². The predicted octanol–water partition coefficient (Wildman–Crippen LogP) is 2.11. The summed E-state index contributed by atoms with van der Waals surface area (Å²) in [5.41, 5.74) is 1.25. The molecular weight excluding hydrogens is 222 g/mol. The molecule has 0 spiro atoms. The highest BCUT2D eigenvalue weighted by atomic mass is 32.2. The van der Waals surface area contributed by atoms with Crippen LogP contribution in [0.4, 0.5) is 0 Å². The van der Waals surface area contributed by atoms with Crippen molar-refractivity contribution in [2.24, 2.45) is 0 Å². The molecule has 0 saturated carbocycles. The molecule has 5 heteroatoms. The number of hydrogen-bond acceptors (Lipinski definition) is 5. The first-order chi connectivity index (χ1) is 7.75. The van der Waals surface area contributed by atoms with Crippen LogP contribution in [0, 0.1) is 6.92 Å². The number of aryl methyl sites for hydroxylation is 1. The zero-order valence-corrected chi connectivity index (χ0v) is 9.44. The molecule has 0 radical (unpaired) electrons. The Bertz CT molecular complexity index is 502. The van der Waals surface area contributed by atoms with E-state index in [1.165, 1.54) is 0 Å². The Balaban J connectivity index is 2.14. The Morgan fingerprint density at radius 2 is 2.06 bits per heavy atom. The first-order valence-corrected chi connectivity index (χ1v) is 5.50. The van der Waals surface area contributed by atoms with Crippen molar-refractivity contribution in [2.75, 3.05) is 0 Å². The van der Waals surface area contributed by atoms with E-state index < -0.39 is 0 Å². The van der Waals surface area contributed by atoms with Gasteiger partial charge < -0.3 is 0 Å². The number of carbonyl (C=O) groups is 1. The standard InChI is InChI=1S/C11H9N3OS/c1-8-5-7-13-11(14-8)16-10(15)9-4-2-3-6-12-9/h2-7H,1H3. The Hall–Kier alpha value is -1.75. The number of rotatable bonds is 2. The largest absolute Gasteiger partial charge is 0.279 e. The van der Waals surface area contributed by atoms with Crippen molar-refractivity contribution in [3.05, 3.63) is 48.0 Å². The smallest absolute Gasteiger partial charge is 0.245 e. The van der Waals surface area contributed by atoms with Gasteiger partial charge in [-0.1, -0.05) is 6.07 Å². The molecule has 0 atom stereocenters. The SMILES string of the molecule is Cc1ccnc(SC(=O)c2ccccn2)n1. The van der Waals surface area contributed by atoms with Gasteiger partial charge in [-0.05, 0) is 36.9 Å². The van der Waals surface area contributed by atoms with E-state index in [0.717, 1.165) is 17.5 Å². The molecular formula is C11H9N3OS. The minimum atomic E-state index is -0.147. The number of thioether (sulfide) groups is 1. The van der Waals surface area contributed by atoms with Gasteiger partial charge in [0.2, 0.25) is 5.12 Å². The maximum absolute atomic E-state index is 11.7. The molecule has 2 heterocycles. The molecule has 80 valence electrons. The summed E-state index contributed by atoms with van der Waals surface area (Å²) in [6, 6.07) is 7.00. The van der Waals surface area contributed by atoms with Crippen molar-refractivity contribution in [1.29, 1.82) is 0 Å². The first-order valence-electron chi connectivity index (χ1n) is 4.68. The zero-order chi connectivity index (χ0) is 11.4. The maximum atomic E-state index is 11.7. The molecule has 2 rings (SSSR count). The van der Waals surface area contributed by atoms with Crippen LogP contribution in [0.1, 0.15) is 16.2 Å². The van der Waals surface area contributed by atoms with Crippen LogP contribution in [-0.4, -0.2) is 20.1 Å². The summed E-state index contributed by atoms with van der Waals surface area (Å²) in [5, 5.41) is 0.307. The third kappa shape index (κ3) is 2.64. The van der Waals surface area contributed by atoms with Crippen LogP contribution in [0.2, 0.25) is 0 Å². The molecule has 0 amide bonds. The highest BCUT2D eigenvalue weighted by molar-refractivity contribution is 8.14. The van der Waals surface area contributed by atoms with Gasteiger partial charge in [0, 0.05) is 18.1 Å². The van der Waals surface area contributed by atoms with Gasteiger partial charge in [0.1, 0.15) is 5.69 Å². The van der Waals surface area contributed by atoms with Crippen molar-refractivity contribution in [3.8, 4) is 0 Å². The van der Waals surface area contributed by atoms with Gasteiger partial charge in [0.25, 0.3) is 0 Å². The molecule has 0 N–H and O–H groups in total. The van der Waals surface area contributed by atoms with E-state index in [-0.39, 0.29) is 5.12 Å². The minimum Gasteiger partial charge on any atom is -0.279 e. The van der Waals surface area contributed by atoms with E-state index in [2.05, 4.69) is 15.0 Å². The van der Waals surface area contributed by atoms with E-state index in [9.17, 15) is 4.79 Å². The molecule has 0 aliphatic rings. The summed E-state index contributed by atoms with van der Waals surface area (Å²) >= 11 is 0.987. The molecule has 4 nitrogen and oxygen atoms in total. The molecule has 0 aliphatic heterocycles. The van der Waals surface area contributed by atoms with Crippen molar-refractivity contribution in [2.45, 2.75) is 12.1 Å². The molecule has 0 saturated heterocycles. The van der Waals surface area contributed by atoms with Gasteiger partial charge in [-0.2, -0.15) is 0 Å². The lowest BCUT2D eigenvalue weighted by atomic mass is 10.4. The topological polar surface area (TPSA) is 55.7 Å². The molecule has 2 aromatic heterocycles. The maximum Gasteiger partial charge on any atom is 0.245 e. The summed E-state index contributed by atoms with van der Waals surface area (Å²) in [5.74, 6) is 0. The number of aromatic nitrogens is 3. The monoisotopic (exact) mass is 231 g/mol. The normalized spacial score (nSPS) is 10.1. The van der Waals surface area contributed by atoms with Crippen LogP contribution < -0.4 is 0 Å². The Kier molecular flexibility index (Phi) is 3.26. The lowest BCUT2D eigenvalue weighted by molar-refractivity contribution is 0.108. The van der Waals surface area contributed by atoms with Crippen molar-refractivity contribution in [1.82, 2.24) is 15.0 Å². The van der Waals surface area contributed by atoms with Gasteiger partial charge >= 0.3 is 0 Å². The van der Waals surface area contributed by atoms with Gasteiger partial charge in [-0.15, -0.1) is 0 Å². The number of nitrogens with zero attached hydrogens (tertiary/aromatic N) is 3. The van der Waals surface area contributed by atoms with Crippen LogP contribution in [0.15, 0.2) is 41.8 Å². The van der Waals surface area contributed by atoms with E-state index >= 15 is 0 Å². The highest BCUT2D eigenvalue weighted by Gasteiger charge is 2.10. The van der Waals surface area contributed by atoms with Crippen molar-refractivity contribution >= 4 is 16.9 Å². The molecule has 0 bridgehead atoms. The molecule has 0 aliphatic carbocycles. The number of hydrogen-bond donors (Lipinski definition) is 0. The van der Waals surface area contributed by atoms with Crippen LogP contribution in [-0.2, 0) is 0 Å². The number of carbonyl (C=O) groups excluding carboxylic acids is 1. The van der Waals surface area contributed by atoms with Crippen LogP contribution in [0.5, 0.6) is 0 Å². The minimum absolute atomic E-state index is 0.147. The van der Waals surface area contributed by atoms with Gasteiger partial charge in [-0.3, -0.25) is 9.78 Å². The molecule has 0 unspecified atom stereocenters. The third-order valence-corrected chi connectivity index (χ3v) is 2.60. The summed E-state index contributed by atoms with van der Waals surface area (Å²) in [6.07, 6.45) is 3.22. The van der Waals surface area contributed by atoms with Gasteiger partial charge in [-0.25, -0.2) is 9.97 Å². The lowest BCUT2D eigenvalue weighted by Crippen LogP contribution is -1.98. The van der Waals surface area contributed by atoms with E-state index in [1.54, 1.807) is 36.7 Å². The van der Waals surface area contributed by atoms with Crippen molar-refractivity contribution in [3.63, 3.8) is 0 Å². The fraction of sp³-hybridized carbons (Fsp3) is 0.0909. The Morgan fingerprint density at radius 1 is 1.19 bits per heavy atom. The molecule has 16 heavy (non-hydrogen) atoms. The van der Waals surface area contributed by atoms with E-state index in [4.69, 9.17) is 0 Å². The Morgan fingerprint density at radius 3 is 2.75 bits per heavy atom. The Labute approximate surface area is 97.2 Å². The summed E-state index contributed by atoms with van der Waals surface area (Å²) in [7, 11) is 0. The first kappa shape index (κ1) is 10.8. The fourth-order valence-electron chi connectivity index (χ4n) is 1.09. The van der Waals surface area contributed by atoms with Crippen LogP contribution >= 0.6 is 11.8 Å². The second-order valence-corrected chi connectivity index (χ2v) is 4.03. The van der Waals surface area contributed by atoms with Crippen molar-refractivity contribution < 1.29 is 4.79 Å². The summed E-state index contributed by atoms with van der Waals surface area (Å²) in [4.78, 5) is 23.9.